The highest BCUT2D eigenvalue weighted by Gasteiger charge is 2.08. The van der Waals surface area contributed by atoms with Crippen molar-refractivity contribution in [3.63, 3.8) is 0 Å². The standard InChI is InChI=1S/C26H23NO/c1-19-12-13-20(2)25(16-19)27-17-24-23-11-7-6-10-22(23)14-15-26(24)28-18-21-8-4-3-5-9-21/h3-17H,18H2,1-2H3. The summed E-state index contributed by atoms with van der Waals surface area (Å²) in [5.41, 5.74) is 5.51. The second kappa shape index (κ2) is 8.10. The smallest absolute Gasteiger partial charge is 0.129 e. The second-order valence-electron chi connectivity index (χ2n) is 7.02. The van der Waals surface area contributed by atoms with Gasteiger partial charge in [-0.3, -0.25) is 4.99 Å². The molecule has 0 N–H and O–H groups in total. The fourth-order valence-corrected chi connectivity index (χ4v) is 3.26. The van der Waals surface area contributed by atoms with Crippen molar-refractivity contribution in [1.82, 2.24) is 0 Å². The number of fused-ring (bicyclic) bond motifs is 1. The van der Waals surface area contributed by atoms with Crippen LogP contribution in [0.4, 0.5) is 5.69 Å². The Balaban J connectivity index is 1.73. The predicted octanol–water partition coefficient (Wildman–Crippen LogP) is 6.79. The number of ether oxygens (including phenoxy) is 1. The van der Waals surface area contributed by atoms with Crippen LogP contribution in [0.2, 0.25) is 0 Å². The Morgan fingerprint density at radius 3 is 2.46 bits per heavy atom. The number of rotatable bonds is 5. The van der Waals surface area contributed by atoms with Gasteiger partial charge in [-0.2, -0.15) is 0 Å². The average molecular weight is 365 g/mol. The van der Waals surface area contributed by atoms with E-state index in [0.29, 0.717) is 6.61 Å². The lowest BCUT2D eigenvalue weighted by Crippen LogP contribution is -1.99. The Kier molecular flexibility index (Phi) is 5.20. The third-order valence-corrected chi connectivity index (χ3v) is 4.87. The van der Waals surface area contributed by atoms with Crippen molar-refractivity contribution < 1.29 is 4.74 Å². The maximum atomic E-state index is 6.18. The summed E-state index contributed by atoms with van der Waals surface area (Å²) in [7, 11) is 0. The lowest BCUT2D eigenvalue weighted by atomic mass is 10.0. The van der Waals surface area contributed by atoms with Gasteiger partial charge in [0.2, 0.25) is 0 Å². The van der Waals surface area contributed by atoms with Gasteiger partial charge in [0.15, 0.2) is 0 Å². The second-order valence-corrected chi connectivity index (χ2v) is 7.02. The van der Waals surface area contributed by atoms with Crippen molar-refractivity contribution in [3.05, 3.63) is 107 Å². The molecule has 0 amide bonds. The fraction of sp³-hybridized carbons (Fsp3) is 0.115. The predicted molar refractivity (Wildman–Crippen MR) is 118 cm³/mol. The molecule has 138 valence electrons. The zero-order chi connectivity index (χ0) is 19.3. The third-order valence-electron chi connectivity index (χ3n) is 4.87. The van der Waals surface area contributed by atoms with Gasteiger partial charge in [-0.05, 0) is 53.4 Å². The van der Waals surface area contributed by atoms with E-state index in [2.05, 4.69) is 74.5 Å². The van der Waals surface area contributed by atoms with Gasteiger partial charge in [0, 0.05) is 11.8 Å². The molecule has 0 fully saturated rings. The van der Waals surface area contributed by atoms with Crippen LogP contribution in [0.3, 0.4) is 0 Å². The highest BCUT2D eigenvalue weighted by molar-refractivity contribution is 6.03. The molecule has 4 rings (SSSR count). The molecule has 0 aliphatic rings. The molecule has 0 unspecified atom stereocenters. The van der Waals surface area contributed by atoms with Crippen LogP contribution in [0.1, 0.15) is 22.3 Å². The van der Waals surface area contributed by atoms with Crippen molar-refractivity contribution in [2.75, 3.05) is 0 Å². The van der Waals surface area contributed by atoms with E-state index in [1.165, 1.54) is 10.9 Å². The maximum Gasteiger partial charge on any atom is 0.129 e. The van der Waals surface area contributed by atoms with E-state index in [-0.39, 0.29) is 0 Å². The van der Waals surface area contributed by atoms with Crippen molar-refractivity contribution in [2.24, 2.45) is 4.99 Å². The summed E-state index contributed by atoms with van der Waals surface area (Å²) < 4.78 is 6.18. The summed E-state index contributed by atoms with van der Waals surface area (Å²) in [5, 5.41) is 2.32. The SMILES string of the molecule is Cc1ccc(C)c(N=Cc2c(OCc3ccccc3)ccc3ccccc23)c1. The Bertz CT molecular complexity index is 1130. The van der Waals surface area contributed by atoms with E-state index < -0.39 is 0 Å². The van der Waals surface area contributed by atoms with Crippen molar-refractivity contribution >= 4 is 22.7 Å². The summed E-state index contributed by atoms with van der Waals surface area (Å²) in [6, 6.07) is 29.0. The van der Waals surface area contributed by atoms with Gasteiger partial charge in [0.25, 0.3) is 0 Å². The molecule has 0 saturated heterocycles. The van der Waals surface area contributed by atoms with E-state index in [0.717, 1.165) is 33.5 Å². The molecule has 0 radical (unpaired) electrons. The van der Waals surface area contributed by atoms with Gasteiger partial charge >= 0.3 is 0 Å². The first-order chi connectivity index (χ1) is 13.7. The van der Waals surface area contributed by atoms with Crippen LogP contribution < -0.4 is 4.74 Å². The minimum Gasteiger partial charge on any atom is -0.488 e. The number of aryl methyl sites for hydroxylation is 2. The summed E-state index contributed by atoms with van der Waals surface area (Å²) >= 11 is 0. The zero-order valence-electron chi connectivity index (χ0n) is 16.2. The molecule has 0 aliphatic heterocycles. The van der Waals surface area contributed by atoms with Crippen LogP contribution in [0.25, 0.3) is 10.8 Å². The number of benzene rings is 4. The van der Waals surface area contributed by atoms with E-state index in [1.807, 2.05) is 30.5 Å². The van der Waals surface area contributed by atoms with Crippen LogP contribution in [0.15, 0.2) is 89.9 Å². The molecule has 4 aromatic carbocycles. The molecule has 28 heavy (non-hydrogen) atoms. The van der Waals surface area contributed by atoms with Crippen LogP contribution in [-0.2, 0) is 6.61 Å². The monoisotopic (exact) mass is 365 g/mol. The number of hydrogen-bond acceptors (Lipinski definition) is 2. The van der Waals surface area contributed by atoms with Crippen molar-refractivity contribution in [2.45, 2.75) is 20.5 Å². The first kappa shape index (κ1) is 18.0. The molecule has 4 aromatic rings. The summed E-state index contributed by atoms with van der Waals surface area (Å²) in [4.78, 5) is 4.80. The molecular weight excluding hydrogens is 342 g/mol. The topological polar surface area (TPSA) is 21.6 Å². The quantitative estimate of drug-likeness (QED) is 0.357. The lowest BCUT2D eigenvalue weighted by molar-refractivity contribution is 0.306. The van der Waals surface area contributed by atoms with Crippen molar-refractivity contribution in [1.29, 1.82) is 0 Å². The highest BCUT2D eigenvalue weighted by Crippen LogP contribution is 2.29. The molecule has 0 atom stereocenters. The molecule has 0 spiro atoms. The highest BCUT2D eigenvalue weighted by atomic mass is 16.5. The number of hydrogen-bond donors (Lipinski definition) is 0. The van der Waals surface area contributed by atoms with Gasteiger partial charge in [-0.1, -0.05) is 72.8 Å². The minimum absolute atomic E-state index is 0.531. The Hall–Kier alpha value is -3.39. The average Bonchev–Trinajstić information content (AvgIpc) is 2.74. The minimum atomic E-state index is 0.531. The maximum absolute atomic E-state index is 6.18. The van der Waals surface area contributed by atoms with Crippen LogP contribution in [-0.4, -0.2) is 6.21 Å². The van der Waals surface area contributed by atoms with Gasteiger partial charge < -0.3 is 4.74 Å². The lowest BCUT2D eigenvalue weighted by Gasteiger charge is -2.12. The molecule has 0 aromatic heterocycles. The Morgan fingerprint density at radius 2 is 1.61 bits per heavy atom. The number of nitrogens with zero attached hydrogens (tertiary/aromatic N) is 1. The zero-order valence-corrected chi connectivity index (χ0v) is 16.2. The molecule has 0 bridgehead atoms. The van der Waals surface area contributed by atoms with Crippen LogP contribution in [0, 0.1) is 13.8 Å². The Labute approximate surface area is 166 Å². The van der Waals surface area contributed by atoms with Gasteiger partial charge in [0.1, 0.15) is 12.4 Å². The first-order valence-corrected chi connectivity index (χ1v) is 9.50. The summed E-state index contributed by atoms with van der Waals surface area (Å²) in [5.74, 6) is 0.844. The largest absolute Gasteiger partial charge is 0.488 e. The molecule has 0 saturated carbocycles. The van der Waals surface area contributed by atoms with E-state index in [9.17, 15) is 0 Å². The molecule has 0 aliphatic carbocycles. The van der Waals surface area contributed by atoms with Gasteiger partial charge in [-0.15, -0.1) is 0 Å². The normalized spacial score (nSPS) is 11.2. The fourth-order valence-electron chi connectivity index (χ4n) is 3.26. The van der Waals surface area contributed by atoms with Crippen LogP contribution >= 0.6 is 0 Å². The third kappa shape index (κ3) is 3.96. The molecule has 0 heterocycles. The first-order valence-electron chi connectivity index (χ1n) is 9.50. The van der Waals surface area contributed by atoms with Gasteiger partial charge in [0.05, 0.1) is 5.69 Å². The number of aliphatic imine (C=N–C) groups is 1. The summed E-state index contributed by atoms with van der Waals surface area (Å²) in [6.07, 6.45) is 1.93. The van der Waals surface area contributed by atoms with E-state index >= 15 is 0 Å². The molecule has 2 nitrogen and oxygen atoms in total. The molecular formula is C26H23NO. The van der Waals surface area contributed by atoms with Crippen LogP contribution in [0.5, 0.6) is 5.75 Å². The van der Waals surface area contributed by atoms with E-state index in [4.69, 9.17) is 9.73 Å². The van der Waals surface area contributed by atoms with E-state index in [1.54, 1.807) is 0 Å². The molecule has 2 heteroatoms. The summed E-state index contributed by atoms with van der Waals surface area (Å²) in [6.45, 7) is 4.70. The Morgan fingerprint density at radius 1 is 0.821 bits per heavy atom. The van der Waals surface area contributed by atoms with Gasteiger partial charge in [-0.25, -0.2) is 0 Å². The van der Waals surface area contributed by atoms with Crippen molar-refractivity contribution in [3.8, 4) is 5.75 Å².